The summed E-state index contributed by atoms with van der Waals surface area (Å²) in [5, 5.41) is 17.8. The highest BCUT2D eigenvalue weighted by Crippen LogP contribution is 2.26. The molecule has 0 aromatic carbocycles. The number of nitrogens with zero attached hydrogens (tertiary/aromatic N) is 1. The lowest BCUT2D eigenvalue weighted by Gasteiger charge is -2.22. The van der Waals surface area contributed by atoms with Crippen LogP contribution in [0.5, 0.6) is 0 Å². The van der Waals surface area contributed by atoms with E-state index >= 15 is 0 Å². The van der Waals surface area contributed by atoms with Crippen LogP contribution in [0.2, 0.25) is 0 Å². The van der Waals surface area contributed by atoms with Gasteiger partial charge in [0.2, 0.25) is 11.8 Å². The summed E-state index contributed by atoms with van der Waals surface area (Å²) in [6.07, 6.45) is 0. The fraction of sp³-hybridized carbons (Fsp3) is 0.778. The second-order valence-electron chi connectivity index (χ2n) is 3.64. The van der Waals surface area contributed by atoms with E-state index in [4.69, 9.17) is 10.2 Å². The first-order chi connectivity index (χ1) is 6.54. The lowest BCUT2D eigenvalue weighted by Crippen LogP contribution is -2.44. The van der Waals surface area contributed by atoms with E-state index in [0.29, 0.717) is 0 Å². The summed E-state index contributed by atoms with van der Waals surface area (Å²) in [7, 11) is 0. The van der Waals surface area contributed by atoms with Crippen LogP contribution in [-0.2, 0) is 9.59 Å². The van der Waals surface area contributed by atoms with E-state index in [1.165, 1.54) is 0 Å². The summed E-state index contributed by atoms with van der Waals surface area (Å²) in [5.74, 6) is -1.34. The lowest BCUT2D eigenvalue weighted by molar-refractivity contribution is -0.144. The van der Waals surface area contributed by atoms with Crippen molar-refractivity contribution in [1.29, 1.82) is 0 Å². The Kier molecular flexibility index (Phi) is 3.23. The fourth-order valence-corrected chi connectivity index (χ4v) is 1.56. The molecule has 1 rings (SSSR count). The molecule has 5 heteroatoms. The molecule has 14 heavy (non-hydrogen) atoms. The van der Waals surface area contributed by atoms with Gasteiger partial charge in [-0.3, -0.25) is 14.5 Å². The van der Waals surface area contributed by atoms with E-state index in [1.807, 2.05) is 0 Å². The van der Waals surface area contributed by atoms with Gasteiger partial charge in [-0.25, -0.2) is 0 Å². The molecule has 0 bridgehead atoms. The molecule has 1 fully saturated rings. The molecule has 1 aliphatic heterocycles. The predicted octanol–water partition coefficient (Wildman–Crippen LogP) is -1.02. The molecule has 0 aliphatic carbocycles. The Morgan fingerprint density at radius 3 is 1.79 bits per heavy atom. The summed E-state index contributed by atoms with van der Waals surface area (Å²) in [4.78, 5) is 24.1. The number of carbonyl (C=O) groups excluding carboxylic acids is 2. The number of hydrogen-bond acceptors (Lipinski definition) is 4. The van der Waals surface area contributed by atoms with Crippen LogP contribution >= 0.6 is 0 Å². The van der Waals surface area contributed by atoms with Gasteiger partial charge in [0.1, 0.15) is 0 Å². The lowest BCUT2D eigenvalue weighted by atomic mass is 10.00. The molecule has 2 unspecified atom stereocenters. The molecule has 2 atom stereocenters. The molecule has 5 nitrogen and oxygen atoms in total. The van der Waals surface area contributed by atoms with Gasteiger partial charge in [-0.1, -0.05) is 13.8 Å². The Bertz CT molecular complexity index is 229. The topological polar surface area (TPSA) is 77.8 Å². The monoisotopic (exact) mass is 201 g/mol. The van der Waals surface area contributed by atoms with Crippen molar-refractivity contribution in [2.45, 2.75) is 19.9 Å². The van der Waals surface area contributed by atoms with Gasteiger partial charge >= 0.3 is 0 Å². The van der Waals surface area contributed by atoms with Crippen molar-refractivity contribution in [3.05, 3.63) is 0 Å². The summed E-state index contributed by atoms with van der Waals surface area (Å²) >= 11 is 0. The second-order valence-corrected chi connectivity index (χ2v) is 3.64. The van der Waals surface area contributed by atoms with Crippen molar-refractivity contribution in [2.24, 2.45) is 11.8 Å². The minimum atomic E-state index is -0.789. The van der Waals surface area contributed by atoms with Crippen LogP contribution in [0.4, 0.5) is 0 Å². The van der Waals surface area contributed by atoms with E-state index in [-0.39, 0.29) is 23.7 Å². The van der Waals surface area contributed by atoms with E-state index < -0.39 is 19.3 Å². The Labute approximate surface area is 82.3 Å². The van der Waals surface area contributed by atoms with E-state index in [1.54, 1.807) is 13.8 Å². The van der Waals surface area contributed by atoms with Gasteiger partial charge < -0.3 is 10.2 Å². The third-order valence-electron chi connectivity index (χ3n) is 2.79. The van der Waals surface area contributed by atoms with Gasteiger partial charge in [0.05, 0.1) is 19.3 Å². The average molecular weight is 201 g/mol. The van der Waals surface area contributed by atoms with E-state index in [0.717, 1.165) is 4.90 Å². The SMILES string of the molecule is CC1C(=O)N(C(CO)CO)C(=O)C1C. The summed E-state index contributed by atoms with van der Waals surface area (Å²) < 4.78 is 0. The molecule has 1 saturated heterocycles. The average Bonchev–Trinajstić information content (AvgIpc) is 2.37. The van der Waals surface area contributed by atoms with Gasteiger partial charge in [0, 0.05) is 11.8 Å². The zero-order valence-electron chi connectivity index (χ0n) is 8.30. The first-order valence-electron chi connectivity index (χ1n) is 4.63. The normalized spacial score (nSPS) is 27.9. The maximum Gasteiger partial charge on any atom is 0.233 e. The number of likely N-dealkylation sites (tertiary alicyclic amines) is 1. The van der Waals surface area contributed by atoms with Crippen LogP contribution in [0.15, 0.2) is 0 Å². The maximum absolute atomic E-state index is 11.6. The van der Waals surface area contributed by atoms with Crippen LogP contribution in [-0.4, -0.2) is 46.2 Å². The number of hydrogen-bond donors (Lipinski definition) is 2. The largest absolute Gasteiger partial charge is 0.394 e. The predicted molar refractivity (Wildman–Crippen MR) is 48.1 cm³/mol. The van der Waals surface area contributed by atoms with Crippen LogP contribution in [0.1, 0.15) is 13.8 Å². The number of carbonyl (C=O) groups is 2. The van der Waals surface area contributed by atoms with E-state index in [9.17, 15) is 9.59 Å². The van der Waals surface area contributed by atoms with Crippen molar-refractivity contribution in [3.63, 3.8) is 0 Å². The Morgan fingerprint density at radius 1 is 1.14 bits per heavy atom. The summed E-state index contributed by atoms with van der Waals surface area (Å²) in [6, 6.07) is -0.789. The minimum Gasteiger partial charge on any atom is -0.394 e. The van der Waals surface area contributed by atoms with Crippen LogP contribution in [0.3, 0.4) is 0 Å². The number of rotatable bonds is 3. The Hall–Kier alpha value is -0.940. The third-order valence-corrected chi connectivity index (χ3v) is 2.79. The molecule has 0 aromatic rings. The van der Waals surface area contributed by atoms with Crippen molar-refractivity contribution in [1.82, 2.24) is 4.90 Å². The number of aliphatic hydroxyl groups excluding tert-OH is 2. The Balaban J connectivity index is 2.89. The van der Waals surface area contributed by atoms with Gasteiger partial charge in [-0.2, -0.15) is 0 Å². The molecule has 80 valence electrons. The van der Waals surface area contributed by atoms with Crippen molar-refractivity contribution in [2.75, 3.05) is 13.2 Å². The zero-order chi connectivity index (χ0) is 10.9. The first kappa shape index (κ1) is 11.1. The second kappa shape index (κ2) is 4.06. The first-order valence-corrected chi connectivity index (χ1v) is 4.63. The molecule has 0 saturated carbocycles. The molecule has 1 aliphatic rings. The molecule has 2 amide bonds. The third kappa shape index (κ3) is 1.53. The highest BCUT2D eigenvalue weighted by Gasteiger charge is 2.45. The molecular formula is C9H15NO4. The fourth-order valence-electron chi connectivity index (χ4n) is 1.56. The molecular weight excluding hydrogens is 186 g/mol. The van der Waals surface area contributed by atoms with Crippen LogP contribution in [0, 0.1) is 11.8 Å². The maximum atomic E-state index is 11.6. The quantitative estimate of drug-likeness (QED) is 0.573. The molecule has 0 aromatic heterocycles. The van der Waals surface area contributed by atoms with E-state index in [2.05, 4.69) is 0 Å². The van der Waals surface area contributed by atoms with Gasteiger partial charge in [-0.15, -0.1) is 0 Å². The molecule has 1 heterocycles. The van der Waals surface area contributed by atoms with Gasteiger partial charge in [0.25, 0.3) is 0 Å². The summed E-state index contributed by atoms with van der Waals surface area (Å²) in [6.45, 7) is 2.56. The Morgan fingerprint density at radius 2 is 1.50 bits per heavy atom. The van der Waals surface area contributed by atoms with Gasteiger partial charge in [-0.05, 0) is 0 Å². The van der Waals surface area contributed by atoms with Crippen LogP contribution < -0.4 is 0 Å². The van der Waals surface area contributed by atoms with Crippen molar-refractivity contribution < 1.29 is 19.8 Å². The molecule has 0 radical (unpaired) electrons. The molecule has 0 spiro atoms. The van der Waals surface area contributed by atoms with Crippen LogP contribution in [0.25, 0.3) is 0 Å². The van der Waals surface area contributed by atoms with Crippen molar-refractivity contribution >= 4 is 11.8 Å². The smallest absolute Gasteiger partial charge is 0.233 e. The summed E-state index contributed by atoms with van der Waals surface area (Å²) in [5.41, 5.74) is 0. The van der Waals surface area contributed by atoms with Crippen molar-refractivity contribution in [3.8, 4) is 0 Å². The number of imide groups is 1. The number of aliphatic hydroxyl groups is 2. The zero-order valence-corrected chi connectivity index (χ0v) is 8.30. The highest BCUT2D eigenvalue weighted by atomic mass is 16.3. The minimum absolute atomic E-state index is 0.310. The standard InChI is InChI=1S/C9H15NO4/c1-5-6(2)9(14)10(8(5)13)7(3-11)4-12/h5-7,11-12H,3-4H2,1-2H3. The number of amides is 2. The molecule has 2 N–H and O–H groups in total. The highest BCUT2D eigenvalue weighted by molar-refractivity contribution is 6.05. The van der Waals surface area contributed by atoms with Gasteiger partial charge in [0.15, 0.2) is 0 Å².